The van der Waals surface area contributed by atoms with E-state index in [-0.39, 0.29) is 6.29 Å². The van der Waals surface area contributed by atoms with Crippen molar-refractivity contribution in [3.05, 3.63) is 0 Å². The molecular weight excluding hydrogens is 108 g/mol. The molecule has 0 aliphatic carbocycles. The van der Waals surface area contributed by atoms with Crippen LogP contribution in [0.4, 0.5) is 0 Å². The third kappa shape index (κ3) is 1.18. The Morgan fingerprint density at radius 3 is 2.75 bits per heavy atom. The molecule has 8 heavy (non-hydrogen) atoms. The van der Waals surface area contributed by atoms with Crippen LogP contribution >= 0.6 is 0 Å². The number of aliphatic hydroxyl groups is 1. The Hall–Kier alpha value is -0.120. The first-order chi connectivity index (χ1) is 3.83. The summed E-state index contributed by atoms with van der Waals surface area (Å²) in [6.45, 7) is 2.27. The molecule has 3 heteroatoms. The van der Waals surface area contributed by atoms with Crippen LogP contribution in [0.25, 0.3) is 0 Å². The normalized spacial score (nSPS) is 38.2. The van der Waals surface area contributed by atoms with E-state index >= 15 is 0 Å². The molecule has 0 aromatic carbocycles. The van der Waals surface area contributed by atoms with Gasteiger partial charge in [0.25, 0.3) is 0 Å². The van der Waals surface area contributed by atoms with Crippen molar-refractivity contribution in [2.45, 2.75) is 25.9 Å². The van der Waals surface area contributed by atoms with Gasteiger partial charge in [0.15, 0.2) is 12.6 Å². The van der Waals surface area contributed by atoms with Crippen LogP contribution in [-0.2, 0) is 9.47 Å². The Labute approximate surface area is 48.2 Å². The number of rotatable bonds is 1. The summed E-state index contributed by atoms with van der Waals surface area (Å²) >= 11 is 0. The maximum atomic E-state index is 8.68. The quantitative estimate of drug-likeness (QED) is 0.530. The molecule has 0 radical (unpaired) electrons. The summed E-state index contributed by atoms with van der Waals surface area (Å²) in [5.41, 5.74) is 0. The summed E-state index contributed by atoms with van der Waals surface area (Å²) in [7, 11) is 0. The van der Waals surface area contributed by atoms with Crippen molar-refractivity contribution < 1.29 is 14.6 Å². The third-order valence-corrected chi connectivity index (χ3v) is 1.07. The molecule has 1 N–H and O–H groups in total. The number of ether oxygens (including phenoxy) is 2. The molecule has 48 valence electrons. The van der Waals surface area contributed by atoms with Crippen molar-refractivity contribution in [2.75, 3.05) is 6.61 Å². The topological polar surface area (TPSA) is 38.7 Å². The SMILES string of the molecule is CC[C@@H]1OCC(O)O1. The highest BCUT2D eigenvalue weighted by Crippen LogP contribution is 2.10. The molecule has 1 saturated heterocycles. The number of hydrogen-bond acceptors (Lipinski definition) is 3. The van der Waals surface area contributed by atoms with Gasteiger partial charge < -0.3 is 14.6 Å². The molecule has 1 unspecified atom stereocenters. The van der Waals surface area contributed by atoms with Gasteiger partial charge in [-0.1, -0.05) is 6.92 Å². The standard InChI is InChI=1S/C5H10O3/c1-2-5-7-3-4(6)8-5/h4-6H,2-3H2,1H3/t4?,5-/m1/s1. The second-order valence-electron chi connectivity index (χ2n) is 1.76. The van der Waals surface area contributed by atoms with Gasteiger partial charge in [0.2, 0.25) is 0 Å². The van der Waals surface area contributed by atoms with Gasteiger partial charge in [-0.2, -0.15) is 0 Å². The largest absolute Gasteiger partial charge is 0.366 e. The van der Waals surface area contributed by atoms with E-state index < -0.39 is 6.29 Å². The second kappa shape index (κ2) is 2.44. The highest BCUT2D eigenvalue weighted by atomic mass is 16.8. The summed E-state index contributed by atoms with van der Waals surface area (Å²) in [5.74, 6) is 0. The fourth-order valence-corrected chi connectivity index (χ4v) is 0.657. The van der Waals surface area contributed by atoms with Gasteiger partial charge in [0.05, 0.1) is 0 Å². The number of aliphatic hydroxyl groups excluding tert-OH is 1. The molecule has 0 amide bonds. The Kier molecular flexibility index (Phi) is 1.83. The van der Waals surface area contributed by atoms with Gasteiger partial charge in [-0.05, 0) is 6.42 Å². The highest BCUT2D eigenvalue weighted by molar-refractivity contribution is 4.51. The molecule has 0 spiro atoms. The predicted octanol–water partition coefficient (Wildman–Crippen LogP) is 0.0877. The summed E-state index contributed by atoms with van der Waals surface area (Å²) in [5, 5.41) is 8.68. The lowest BCUT2D eigenvalue weighted by Gasteiger charge is -2.02. The molecule has 2 atom stereocenters. The van der Waals surface area contributed by atoms with Gasteiger partial charge in [-0.15, -0.1) is 0 Å². The zero-order valence-corrected chi connectivity index (χ0v) is 4.83. The highest BCUT2D eigenvalue weighted by Gasteiger charge is 2.21. The van der Waals surface area contributed by atoms with Crippen LogP contribution in [0.15, 0.2) is 0 Å². The minimum absolute atomic E-state index is 0.176. The Morgan fingerprint density at radius 2 is 2.50 bits per heavy atom. The maximum absolute atomic E-state index is 8.68. The molecule has 0 saturated carbocycles. The van der Waals surface area contributed by atoms with Crippen LogP contribution in [0, 0.1) is 0 Å². The average molecular weight is 118 g/mol. The van der Waals surface area contributed by atoms with Crippen molar-refractivity contribution in [2.24, 2.45) is 0 Å². The van der Waals surface area contributed by atoms with Gasteiger partial charge >= 0.3 is 0 Å². The minimum atomic E-state index is -0.694. The Balaban J connectivity index is 2.22. The van der Waals surface area contributed by atoms with E-state index in [1.54, 1.807) is 0 Å². The summed E-state index contributed by atoms with van der Waals surface area (Å²) in [6, 6.07) is 0. The predicted molar refractivity (Wildman–Crippen MR) is 27.1 cm³/mol. The minimum Gasteiger partial charge on any atom is -0.366 e. The van der Waals surface area contributed by atoms with Gasteiger partial charge in [0.1, 0.15) is 6.61 Å². The molecule has 0 bridgehead atoms. The molecule has 0 aromatic heterocycles. The van der Waals surface area contributed by atoms with E-state index in [0.29, 0.717) is 6.61 Å². The Morgan fingerprint density at radius 1 is 1.75 bits per heavy atom. The molecule has 1 aliphatic rings. The first kappa shape index (κ1) is 6.01. The van der Waals surface area contributed by atoms with Crippen molar-refractivity contribution >= 4 is 0 Å². The monoisotopic (exact) mass is 118 g/mol. The molecule has 1 rings (SSSR count). The molecule has 1 heterocycles. The van der Waals surface area contributed by atoms with E-state index in [2.05, 4.69) is 0 Å². The molecule has 3 nitrogen and oxygen atoms in total. The van der Waals surface area contributed by atoms with Crippen molar-refractivity contribution in [1.29, 1.82) is 0 Å². The van der Waals surface area contributed by atoms with E-state index in [4.69, 9.17) is 14.6 Å². The van der Waals surface area contributed by atoms with E-state index in [9.17, 15) is 0 Å². The van der Waals surface area contributed by atoms with Crippen molar-refractivity contribution in [3.8, 4) is 0 Å². The third-order valence-electron chi connectivity index (χ3n) is 1.07. The van der Waals surface area contributed by atoms with E-state index in [0.717, 1.165) is 6.42 Å². The van der Waals surface area contributed by atoms with Crippen LogP contribution in [0.2, 0.25) is 0 Å². The van der Waals surface area contributed by atoms with Gasteiger partial charge in [0, 0.05) is 0 Å². The second-order valence-corrected chi connectivity index (χ2v) is 1.76. The lowest BCUT2D eigenvalue weighted by molar-refractivity contribution is -0.114. The first-order valence-corrected chi connectivity index (χ1v) is 2.78. The Bertz CT molecular complexity index is 74.1. The molecular formula is C5H10O3. The summed E-state index contributed by atoms with van der Waals surface area (Å²) in [6.07, 6.45) is -0.0678. The van der Waals surface area contributed by atoms with Crippen LogP contribution in [0.3, 0.4) is 0 Å². The van der Waals surface area contributed by atoms with Crippen molar-refractivity contribution in [1.82, 2.24) is 0 Å². The molecule has 1 fully saturated rings. The van der Waals surface area contributed by atoms with Gasteiger partial charge in [-0.3, -0.25) is 0 Å². The summed E-state index contributed by atoms with van der Waals surface area (Å²) in [4.78, 5) is 0. The van der Waals surface area contributed by atoms with Crippen molar-refractivity contribution in [3.63, 3.8) is 0 Å². The van der Waals surface area contributed by atoms with E-state index in [1.807, 2.05) is 6.92 Å². The van der Waals surface area contributed by atoms with Crippen LogP contribution in [-0.4, -0.2) is 24.3 Å². The fraction of sp³-hybridized carbons (Fsp3) is 1.00. The van der Waals surface area contributed by atoms with Gasteiger partial charge in [-0.25, -0.2) is 0 Å². The smallest absolute Gasteiger partial charge is 0.181 e. The van der Waals surface area contributed by atoms with Crippen LogP contribution in [0.5, 0.6) is 0 Å². The summed E-state index contributed by atoms with van der Waals surface area (Å²) < 4.78 is 9.79. The van der Waals surface area contributed by atoms with Crippen LogP contribution in [0.1, 0.15) is 13.3 Å². The fourth-order valence-electron chi connectivity index (χ4n) is 0.657. The average Bonchev–Trinajstić information content (AvgIpc) is 2.14. The molecule has 0 aromatic rings. The van der Waals surface area contributed by atoms with Crippen LogP contribution < -0.4 is 0 Å². The number of hydrogen-bond donors (Lipinski definition) is 1. The zero-order valence-electron chi connectivity index (χ0n) is 4.83. The molecule has 1 aliphatic heterocycles. The lowest BCUT2D eigenvalue weighted by atomic mass is 10.5. The first-order valence-electron chi connectivity index (χ1n) is 2.78. The maximum Gasteiger partial charge on any atom is 0.181 e. The zero-order chi connectivity index (χ0) is 5.98. The lowest BCUT2D eigenvalue weighted by Crippen LogP contribution is -2.09. The van der Waals surface area contributed by atoms with E-state index in [1.165, 1.54) is 0 Å².